The van der Waals surface area contributed by atoms with Crippen molar-refractivity contribution in [3.63, 3.8) is 0 Å². The zero-order valence-electron chi connectivity index (χ0n) is 9.70. The highest BCUT2D eigenvalue weighted by molar-refractivity contribution is 9.10. The monoisotopic (exact) mass is 306 g/mol. The highest BCUT2D eigenvalue weighted by atomic mass is 79.9. The summed E-state index contributed by atoms with van der Waals surface area (Å²) in [5.74, 6) is 0.775. The van der Waals surface area contributed by atoms with Gasteiger partial charge in [-0.2, -0.15) is 0 Å². The van der Waals surface area contributed by atoms with Crippen molar-refractivity contribution in [1.82, 2.24) is 4.98 Å². The molecule has 0 atom stereocenters. The van der Waals surface area contributed by atoms with Crippen molar-refractivity contribution in [2.75, 3.05) is 25.1 Å². The largest absolute Gasteiger partial charge is 0.377 e. The van der Waals surface area contributed by atoms with E-state index in [1.165, 1.54) is 0 Å². The van der Waals surface area contributed by atoms with E-state index in [-0.39, 0.29) is 6.10 Å². The van der Waals surface area contributed by atoms with Gasteiger partial charge in [-0.15, -0.1) is 0 Å². The van der Waals surface area contributed by atoms with Crippen molar-refractivity contribution < 1.29 is 4.74 Å². The van der Waals surface area contributed by atoms with Gasteiger partial charge in [0, 0.05) is 24.3 Å². The fourth-order valence-corrected chi connectivity index (χ4v) is 1.99. The van der Waals surface area contributed by atoms with Crippen LogP contribution >= 0.6 is 27.5 Å². The lowest BCUT2D eigenvalue weighted by molar-refractivity contribution is 0.0845. The summed E-state index contributed by atoms with van der Waals surface area (Å²) < 4.78 is 6.36. The van der Waals surface area contributed by atoms with Crippen molar-refractivity contribution in [1.29, 1.82) is 0 Å². The number of aromatic nitrogens is 1. The number of ether oxygens (including phenoxy) is 1. The van der Waals surface area contributed by atoms with Gasteiger partial charge < -0.3 is 9.64 Å². The minimum atomic E-state index is 0.252. The highest BCUT2D eigenvalue weighted by Crippen LogP contribution is 2.25. The second-order valence-corrected chi connectivity index (χ2v) is 5.12. The van der Waals surface area contributed by atoms with Crippen LogP contribution in [0.2, 0.25) is 5.02 Å². The molecule has 0 aliphatic carbocycles. The number of halogens is 2. The third-order valence-corrected chi connectivity index (χ3v) is 2.74. The van der Waals surface area contributed by atoms with Crippen LogP contribution in [0.4, 0.5) is 5.82 Å². The van der Waals surface area contributed by atoms with E-state index in [2.05, 4.69) is 20.9 Å². The molecule has 0 aromatic carbocycles. The second kappa shape index (κ2) is 6.42. The van der Waals surface area contributed by atoms with Crippen molar-refractivity contribution >= 4 is 33.3 Å². The summed E-state index contributed by atoms with van der Waals surface area (Å²) in [7, 11) is 1.95. The van der Waals surface area contributed by atoms with Crippen molar-refractivity contribution in [2.24, 2.45) is 0 Å². The summed E-state index contributed by atoms with van der Waals surface area (Å²) in [5.41, 5.74) is 0. The van der Waals surface area contributed by atoms with Crippen LogP contribution < -0.4 is 4.90 Å². The van der Waals surface area contributed by atoms with E-state index in [1.807, 2.05) is 31.9 Å². The van der Waals surface area contributed by atoms with Crippen molar-refractivity contribution in [2.45, 2.75) is 20.0 Å². The quantitative estimate of drug-likeness (QED) is 0.834. The predicted molar refractivity (Wildman–Crippen MR) is 71.3 cm³/mol. The van der Waals surface area contributed by atoms with E-state index in [4.69, 9.17) is 16.3 Å². The molecule has 0 saturated carbocycles. The molecule has 0 amide bonds. The van der Waals surface area contributed by atoms with E-state index in [0.717, 1.165) is 16.8 Å². The molecular weight excluding hydrogens is 291 g/mol. The van der Waals surface area contributed by atoms with Gasteiger partial charge >= 0.3 is 0 Å². The van der Waals surface area contributed by atoms with Crippen LogP contribution in [0.5, 0.6) is 0 Å². The number of rotatable bonds is 5. The Morgan fingerprint density at radius 1 is 1.56 bits per heavy atom. The molecule has 1 aromatic heterocycles. The molecule has 0 bridgehead atoms. The van der Waals surface area contributed by atoms with E-state index in [0.29, 0.717) is 11.6 Å². The molecule has 0 radical (unpaired) electrons. The standard InChI is InChI=1S/C11H16BrClN2O/c1-8(2)16-5-4-15(3)11-10(13)6-9(12)7-14-11/h6-8H,4-5H2,1-3H3. The summed E-state index contributed by atoms with van der Waals surface area (Å²) in [6, 6.07) is 1.84. The lowest BCUT2D eigenvalue weighted by Gasteiger charge is -2.20. The molecular formula is C11H16BrClN2O. The third-order valence-electron chi connectivity index (χ3n) is 2.03. The SMILES string of the molecule is CC(C)OCCN(C)c1ncc(Br)cc1Cl. The van der Waals surface area contributed by atoms with Gasteiger partial charge in [0.25, 0.3) is 0 Å². The molecule has 1 heterocycles. The van der Waals surface area contributed by atoms with Crippen molar-refractivity contribution in [3.05, 3.63) is 21.8 Å². The Bertz CT molecular complexity index is 347. The van der Waals surface area contributed by atoms with Gasteiger partial charge in [0.15, 0.2) is 0 Å². The number of hydrogen-bond donors (Lipinski definition) is 0. The lowest BCUT2D eigenvalue weighted by Crippen LogP contribution is -2.25. The fraction of sp³-hybridized carbons (Fsp3) is 0.545. The van der Waals surface area contributed by atoms with Crippen LogP contribution in [0.15, 0.2) is 16.7 Å². The Kier molecular flexibility index (Phi) is 5.52. The molecule has 0 unspecified atom stereocenters. The Hall–Kier alpha value is -0.320. The predicted octanol–water partition coefficient (Wildman–Crippen LogP) is 3.36. The minimum absolute atomic E-state index is 0.252. The van der Waals surface area contributed by atoms with Gasteiger partial charge in [-0.25, -0.2) is 4.98 Å². The molecule has 3 nitrogen and oxygen atoms in total. The van der Waals surface area contributed by atoms with Gasteiger partial charge in [0.1, 0.15) is 5.82 Å². The average Bonchev–Trinajstić information content (AvgIpc) is 2.16. The molecule has 1 aromatic rings. The smallest absolute Gasteiger partial charge is 0.147 e. The molecule has 5 heteroatoms. The van der Waals surface area contributed by atoms with Crippen LogP contribution in [-0.4, -0.2) is 31.3 Å². The summed E-state index contributed by atoms with van der Waals surface area (Å²) >= 11 is 9.42. The first-order chi connectivity index (χ1) is 7.50. The number of pyridine rings is 1. The number of hydrogen-bond acceptors (Lipinski definition) is 3. The Labute approximate surface area is 110 Å². The molecule has 0 aliphatic heterocycles. The Morgan fingerprint density at radius 2 is 2.25 bits per heavy atom. The first-order valence-corrected chi connectivity index (χ1v) is 6.31. The lowest BCUT2D eigenvalue weighted by atomic mass is 10.4. The maximum absolute atomic E-state index is 6.09. The zero-order valence-corrected chi connectivity index (χ0v) is 12.0. The molecule has 0 N–H and O–H groups in total. The van der Waals surface area contributed by atoms with Gasteiger partial charge in [0.05, 0.1) is 17.7 Å². The third kappa shape index (κ3) is 4.28. The molecule has 0 aliphatic rings. The van der Waals surface area contributed by atoms with E-state index >= 15 is 0 Å². The molecule has 0 saturated heterocycles. The van der Waals surface area contributed by atoms with Gasteiger partial charge in [0.2, 0.25) is 0 Å². The number of anilines is 1. The topological polar surface area (TPSA) is 25.4 Å². The maximum Gasteiger partial charge on any atom is 0.147 e. The van der Waals surface area contributed by atoms with Crippen LogP contribution in [0.3, 0.4) is 0 Å². The van der Waals surface area contributed by atoms with Crippen LogP contribution in [-0.2, 0) is 4.74 Å². The maximum atomic E-state index is 6.09. The highest BCUT2D eigenvalue weighted by Gasteiger charge is 2.08. The summed E-state index contributed by atoms with van der Waals surface area (Å²) in [4.78, 5) is 6.25. The molecule has 0 fully saturated rings. The molecule has 90 valence electrons. The number of likely N-dealkylation sites (N-methyl/N-ethyl adjacent to an activating group) is 1. The summed E-state index contributed by atoms with van der Waals surface area (Å²) in [6.45, 7) is 5.48. The van der Waals surface area contributed by atoms with Crippen LogP contribution in [0.25, 0.3) is 0 Å². The van der Waals surface area contributed by atoms with Crippen LogP contribution in [0, 0.1) is 0 Å². The second-order valence-electron chi connectivity index (χ2n) is 3.80. The zero-order chi connectivity index (χ0) is 12.1. The van der Waals surface area contributed by atoms with E-state index in [9.17, 15) is 0 Å². The minimum Gasteiger partial charge on any atom is -0.377 e. The first-order valence-electron chi connectivity index (χ1n) is 5.14. The van der Waals surface area contributed by atoms with Gasteiger partial charge in [-0.3, -0.25) is 0 Å². The Balaban J connectivity index is 2.55. The van der Waals surface area contributed by atoms with E-state index in [1.54, 1.807) is 6.20 Å². The van der Waals surface area contributed by atoms with Crippen molar-refractivity contribution in [3.8, 4) is 0 Å². The van der Waals surface area contributed by atoms with Gasteiger partial charge in [-0.1, -0.05) is 11.6 Å². The number of nitrogens with zero attached hydrogens (tertiary/aromatic N) is 2. The molecule has 16 heavy (non-hydrogen) atoms. The summed E-state index contributed by atoms with van der Waals surface area (Å²) in [5, 5.41) is 0.640. The Morgan fingerprint density at radius 3 is 2.81 bits per heavy atom. The summed E-state index contributed by atoms with van der Waals surface area (Å²) in [6.07, 6.45) is 1.99. The molecule has 0 spiro atoms. The average molecular weight is 308 g/mol. The first kappa shape index (κ1) is 13.7. The van der Waals surface area contributed by atoms with Gasteiger partial charge in [-0.05, 0) is 35.8 Å². The molecule has 1 rings (SSSR count). The van der Waals surface area contributed by atoms with E-state index < -0.39 is 0 Å². The fourth-order valence-electron chi connectivity index (χ4n) is 1.22. The normalized spacial score (nSPS) is 10.9. The van der Waals surface area contributed by atoms with Crippen LogP contribution in [0.1, 0.15) is 13.8 Å².